The third-order valence-corrected chi connectivity index (χ3v) is 3.20. The lowest BCUT2D eigenvalue weighted by Crippen LogP contribution is -2.39. The second-order valence-corrected chi connectivity index (χ2v) is 4.13. The zero-order chi connectivity index (χ0) is 10.7. The predicted octanol–water partition coefficient (Wildman–Crippen LogP) is 1.75. The second-order valence-electron chi connectivity index (χ2n) is 4.13. The predicted molar refractivity (Wildman–Crippen MR) is 59.0 cm³/mol. The molecule has 1 unspecified atom stereocenters. The summed E-state index contributed by atoms with van der Waals surface area (Å²) >= 11 is 0. The molecule has 0 aromatic heterocycles. The van der Waals surface area contributed by atoms with Crippen LogP contribution in [0.4, 0.5) is 4.39 Å². The number of nitrogens with one attached hydrogen (secondary N) is 1. The summed E-state index contributed by atoms with van der Waals surface area (Å²) in [4.78, 5) is 0. The maximum atomic E-state index is 13.7. The van der Waals surface area contributed by atoms with Crippen LogP contribution in [0.25, 0.3) is 0 Å². The van der Waals surface area contributed by atoms with E-state index in [4.69, 9.17) is 5.73 Å². The fourth-order valence-corrected chi connectivity index (χ4v) is 2.48. The molecule has 82 valence electrons. The molecule has 0 aliphatic carbocycles. The normalized spacial score (nSPS) is 25.7. The molecule has 1 heterocycles. The summed E-state index contributed by atoms with van der Waals surface area (Å²) in [5.74, 6) is -0.125. The molecule has 1 fully saturated rings. The molecule has 15 heavy (non-hydrogen) atoms. The fraction of sp³-hybridized carbons (Fsp3) is 0.500. The van der Waals surface area contributed by atoms with E-state index < -0.39 is 0 Å². The van der Waals surface area contributed by atoms with Crippen molar-refractivity contribution in [3.05, 3.63) is 35.6 Å². The summed E-state index contributed by atoms with van der Waals surface area (Å²) in [6.45, 7) is 1.54. The van der Waals surface area contributed by atoms with Crippen LogP contribution < -0.4 is 11.1 Å². The zero-order valence-electron chi connectivity index (χ0n) is 8.80. The van der Waals surface area contributed by atoms with Gasteiger partial charge in [-0.1, -0.05) is 18.2 Å². The van der Waals surface area contributed by atoms with Crippen molar-refractivity contribution in [2.24, 2.45) is 5.73 Å². The van der Waals surface area contributed by atoms with E-state index in [0.717, 1.165) is 31.4 Å². The molecule has 0 saturated carbocycles. The number of nitrogens with two attached hydrogens (primary N) is 1. The van der Waals surface area contributed by atoms with Gasteiger partial charge in [0.05, 0.1) is 0 Å². The van der Waals surface area contributed by atoms with E-state index in [1.165, 1.54) is 6.07 Å². The summed E-state index contributed by atoms with van der Waals surface area (Å²) in [5, 5.41) is 3.41. The highest BCUT2D eigenvalue weighted by molar-refractivity contribution is 5.27. The Kier molecular flexibility index (Phi) is 3.03. The Morgan fingerprint density at radius 3 is 2.80 bits per heavy atom. The minimum absolute atomic E-state index is 0.125. The molecule has 1 aromatic rings. The first-order chi connectivity index (χ1) is 7.28. The molecule has 0 amide bonds. The standard InChI is InChI=1S/C12H17FN2/c13-11-5-2-1-4-10(11)12(7-8-14)6-3-9-15-12/h1-2,4-5,15H,3,6-9,14H2. The van der Waals surface area contributed by atoms with Gasteiger partial charge in [0, 0.05) is 11.1 Å². The summed E-state index contributed by atoms with van der Waals surface area (Å²) in [5.41, 5.74) is 6.17. The monoisotopic (exact) mass is 208 g/mol. The molecule has 0 radical (unpaired) electrons. The Hall–Kier alpha value is -0.930. The SMILES string of the molecule is NCCC1(c2ccccc2F)CCCN1. The van der Waals surface area contributed by atoms with Crippen LogP contribution in [0.5, 0.6) is 0 Å². The highest BCUT2D eigenvalue weighted by atomic mass is 19.1. The third-order valence-electron chi connectivity index (χ3n) is 3.20. The van der Waals surface area contributed by atoms with Crippen molar-refractivity contribution in [1.82, 2.24) is 5.32 Å². The first-order valence-corrected chi connectivity index (χ1v) is 5.49. The molecule has 2 nitrogen and oxygen atoms in total. The van der Waals surface area contributed by atoms with Gasteiger partial charge in [-0.3, -0.25) is 0 Å². The zero-order valence-corrected chi connectivity index (χ0v) is 8.80. The lowest BCUT2D eigenvalue weighted by Gasteiger charge is -2.30. The Bertz CT molecular complexity index is 332. The lowest BCUT2D eigenvalue weighted by atomic mass is 9.85. The van der Waals surface area contributed by atoms with Gasteiger partial charge in [0.1, 0.15) is 5.82 Å². The minimum Gasteiger partial charge on any atom is -0.330 e. The van der Waals surface area contributed by atoms with Crippen molar-refractivity contribution in [2.75, 3.05) is 13.1 Å². The average Bonchev–Trinajstić information content (AvgIpc) is 2.69. The second kappa shape index (κ2) is 4.29. The van der Waals surface area contributed by atoms with Gasteiger partial charge >= 0.3 is 0 Å². The van der Waals surface area contributed by atoms with Crippen LogP contribution in [-0.4, -0.2) is 13.1 Å². The van der Waals surface area contributed by atoms with Crippen molar-refractivity contribution in [3.63, 3.8) is 0 Å². The van der Waals surface area contributed by atoms with Crippen molar-refractivity contribution in [1.29, 1.82) is 0 Å². The first-order valence-electron chi connectivity index (χ1n) is 5.49. The maximum Gasteiger partial charge on any atom is 0.128 e. The smallest absolute Gasteiger partial charge is 0.128 e. The van der Waals surface area contributed by atoms with E-state index in [0.29, 0.717) is 6.54 Å². The number of benzene rings is 1. The molecule has 3 N–H and O–H groups in total. The van der Waals surface area contributed by atoms with Gasteiger partial charge in [0.15, 0.2) is 0 Å². The van der Waals surface area contributed by atoms with Gasteiger partial charge < -0.3 is 11.1 Å². The summed E-state index contributed by atoms with van der Waals surface area (Å²) in [7, 11) is 0. The van der Waals surface area contributed by atoms with Gasteiger partial charge in [-0.15, -0.1) is 0 Å². The average molecular weight is 208 g/mol. The molecule has 0 spiro atoms. The van der Waals surface area contributed by atoms with E-state index in [1.54, 1.807) is 6.07 Å². The van der Waals surface area contributed by atoms with Crippen LogP contribution in [0.2, 0.25) is 0 Å². The van der Waals surface area contributed by atoms with Crippen LogP contribution in [0.15, 0.2) is 24.3 Å². The fourth-order valence-electron chi connectivity index (χ4n) is 2.48. The molecule has 2 rings (SSSR count). The molecule has 1 saturated heterocycles. The van der Waals surface area contributed by atoms with Gasteiger partial charge in [0.25, 0.3) is 0 Å². The summed E-state index contributed by atoms with van der Waals surface area (Å²) in [6.07, 6.45) is 2.87. The molecule has 1 aromatic carbocycles. The molecule has 3 heteroatoms. The van der Waals surface area contributed by atoms with E-state index in [-0.39, 0.29) is 11.4 Å². The lowest BCUT2D eigenvalue weighted by molar-refractivity contribution is 0.350. The van der Waals surface area contributed by atoms with Crippen LogP contribution >= 0.6 is 0 Å². The topological polar surface area (TPSA) is 38.0 Å². The number of rotatable bonds is 3. The third kappa shape index (κ3) is 1.90. The Labute approximate surface area is 89.7 Å². The van der Waals surface area contributed by atoms with Crippen LogP contribution in [0.3, 0.4) is 0 Å². The summed E-state index contributed by atoms with van der Waals surface area (Å²) in [6, 6.07) is 7.00. The molecule has 1 atom stereocenters. The van der Waals surface area contributed by atoms with Gasteiger partial charge in [-0.05, 0) is 38.4 Å². The Morgan fingerprint density at radius 1 is 1.40 bits per heavy atom. The number of hydrogen-bond acceptors (Lipinski definition) is 2. The number of hydrogen-bond donors (Lipinski definition) is 2. The quantitative estimate of drug-likeness (QED) is 0.794. The highest BCUT2D eigenvalue weighted by Crippen LogP contribution is 2.35. The van der Waals surface area contributed by atoms with Crippen molar-refractivity contribution in [2.45, 2.75) is 24.8 Å². The van der Waals surface area contributed by atoms with E-state index >= 15 is 0 Å². The molecular weight excluding hydrogens is 191 g/mol. The van der Waals surface area contributed by atoms with Crippen LogP contribution in [0.1, 0.15) is 24.8 Å². The molecule has 1 aliphatic rings. The first kappa shape index (κ1) is 10.6. The van der Waals surface area contributed by atoms with Gasteiger partial charge in [-0.2, -0.15) is 0 Å². The Balaban J connectivity index is 2.36. The Morgan fingerprint density at radius 2 is 2.20 bits per heavy atom. The van der Waals surface area contributed by atoms with Crippen molar-refractivity contribution in [3.8, 4) is 0 Å². The van der Waals surface area contributed by atoms with Crippen LogP contribution in [-0.2, 0) is 5.54 Å². The molecule has 1 aliphatic heterocycles. The maximum absolute atomic E-state index is 13.7. The molecular formula is C12H17FN2. The van der Waals surface area contributed by atoms with E-state index in [1.807, 2.05) is 12.1 Å². The van der Waals surface area contributed by atoms with Crippen molar-refractivity contribution < 1.29 is 4.39 Å². The van der Waals surface area contributed by atoms with Gasteiger partial charge in [0.2, 0.25) is 0 Å². The van der Waals surface area contributed by atoms with Gasteiger partial charge in [-0.25, -0.2) is 4.39 Å². The van der Waals surface area contributed by atoms with E-state index in [2.05, 4.69) is 5.32 Å². The molecule has 0 bridgehead atoms. The largest absolute Gasteiger partial charge is 0.330 e. The highest BCUT2D eigenvalue weighted by Gasteiger charge is 2.36. The number of halogens is 1. The van der Waals surface area contributed by atoms with Crippen LogP contribution in [0, 0.1) is 5.82 Å². The van der Waals surface area contributed by atoms with Crippen molar-refractivity contribution >= 4 is 0 Å². The summed E-state index contributed by atoms with van der Waals surface area (Å²) < 4.78 is 13.7. The minimum atomic E-state index is -0.222. The van der Waals surface area contributed by atoms with E-state index in [9.17, 15) is 4.39 Å².